The summed E-state index contributed by atoms with van der Waals surface area (Å²) in [4.78, 5) is 17.1. The molecule has 0 spiro atoms. The second kappa shape index (κ2) is 9.51. The zero-order valence-corrected chi connectivity index (χ0v) is 15.7. The van der Waals surface area contributed by atoms with E-state index in [1.54, 1.807) is 11.0 Å². The normalized spacial score (nSPS) is 22.7. The van der Waals surface area contributed by atoms with Crippen LogP contribution >= 0.6 is 12.4 Å². The molecule has 140 valence electrons. The fraction of sp³-hybridized carbons (Fsp3) is 0.632. The number of carbonyl (C=O) groups excluding carboxylic acids is 1. The molecule has 1 N–H and O–H groups in total. The Morgan fingerprint density at radius 3 is 2.64 bits per heavy atom. The largest absolute Gasteiger partial charge is 0.320 e. The van der Waals surface area contributed by atoms with Crippen LogP contribution in [0.3, 0.4) is 0 Å². The van der Waals surface area contributed by atoms with Crippen LogP contribution in [0.1, 0.15) is 32.1 Å². The first-order valence-electron chi connectivity index (χ1n) is 9.14. The van der Waals surface area contributed by atoms with Gasteiger partial charge in [-0.2, -0.15) is 0 Å². The maximum atomic E-state index is 13.5. The van der Waals surface area contributed by atoms with Gasteiger partial charge in [-0.25, -0.2) is 4.39 Å². The Labute approximate surface area is 156 Å². The highest BCUT2D eigenvalue weighted by atomic mass is 35.5. The standard InChI is InChI=1S/C19H28FN3O.ClH/c1-21-10-7-15-8-12-22(13-9-15)18-6-3-11-23(19(18)24)17-5-2-4-16(20)14-17;/h2,4-5,14-15,18,21H,3,6-13H2,1H3;1H. The summed E-state index contributed by atoms with van der Waals surface area (Å²) in [5, 5.41) is 3.22. The first kappa shape index (κ1) is 20.1. The predicted molar refractivity (Wildman–Crippen MR) is 102 cm³/mol. The molecule has 0 radical (unpaired) electrons. The van der Waals surface area contributed by atoms with Gasteiger partial charge in [-0.15, -0.1) is 12.4 Å². The molecule has 2 aliphatic rings. The molecule has 0 aliphatic carbocycles. The molecule has 2 saturated heterocycles. The topological polar surface area (TPSA) is 35.6 Å². The van der Waals surface area contributed by atoms with Crippen molar-refractivity contribution in [3.05, 3.63) is 30.1 Å². The smallest absolute Gasteiger partial charge is 0.244 e. The molecule has 2 fully saturated rings. The van der Waals surface area contributed by atoms with Crippen molar-refractivity contribution < 1.29 is 9.18 Å². The van der Waals surface area contributed by atoms with Crippen molar-refractivity contribution in [1.29, 1.82) is 0 Å². The Morgan fingerprint density at radius 2 is 1.96 bits per heavy atom. The van der Waals surface area contributed by atoms with Gasteiger partial charge >= 0.3 is 0 Å². The van der Waals surface area contributed by atoms with Crippen molar-refractivity contribution in [3.63, 3.8) is 0 Å². The van der Waals surface area contributed by atoms with Crippen LogP contribution in [-0.2, 0) is 4.79 Å². The average molecular weight is 370 g/mol. The number of likely N-dealkylation sites (tertiary alicyclic amines) is 1. The second-order valence-corrected chi connectivity index (χ2v) is 7.00. The third-order valence-electron chi connectivity index (χ3n) is 5.42. The van der Waals surface area contributed by atoms with Gasteiger partial charge in [0.2, 0.25) is 5.91 Å². The molecular formula is C19H29ClFN3O. The molecular weight excluding hydrogens is 341 g/mol. The second-order valence-electron chi connectivity index (χ2n) is 7.00. The zero-order valence-electron chi connectivity index (χ0n) is 14.9. The van der Waals surface area contributed by atoms with Crippen molar-refractivity contribution >= 4 is 24.0 Å². The highest BCUT2D eigenvalue weighted by Crippen LogP contribution is 2.28. The highest BCUT2D eigenvalue weighted by molar-refractivity contribution is 5.97. The van der Waals surface area contributed by atoms with Gasteiger partial charge in [0.25, 0.3) is 0 Å². The molecule has 0 bridgehead atoms. The van der Waals surface area contributed by atoms with E-state index >= 15 is 0 Å². The number of hydrogen-bond acceptors (Lipinski definition) is 3. The lowest BCUT2D eigenvalue weighted by Gasteiger charge is -2.41. The van der Waals surface area contributed by atoms with E-state index in [2.05, 4.69) is 10.2 Å². The van der Waals surface area contributed by atoms with Crippen LogP contribution < -0.4 is 10.2 Å². The van der Waals surface area contributed by atoms with Crippen molar-refractivity contribution in [3.8, 4) is 0 Å². The van der Waals surface area contributed by atoms with E-state index in [-0.39, 0.29) is 30.2 Å². The summed E-state index contributed by atoms with van der Waals surface area (Å²) in [6, 6.07) is 6.35. The van der Waals surface area contributed by atoms with E-state index in [0.29, 0.717) is 12.2 Å². The highest BCUT2D eigenvalue weighted by Gasteiger charge is 2.35. The maximum absolute atomic E-state index is 13.5. The molecule has 1 aromatic carbocycles. The summed E-state index contributed by atoms with van der Waals surface area (Å²) in [5.41, 5.74) is 0.689. The van der Waals surface area contributed by atoms with Gasteiger partial charge in [0.1, 0.15) is 5.82 Å². The molecule has 2 heterocycles. The van der Waals surface area contributed by atoms with Gasteiger partial charge in [0.05, 0.1) is 6.04 Å². The van der Waals surface area contributed by atoms with E-state index in [4.69, 9.17) is 0 Å². The number of piperidine rings is 2. The van der Waals surface area contributed by atoms with E-state index < -0.39 is 0 Å². The molecule has 2 aliphatic heterocycles. The molecule has 25 heavy (non-hydrogen) atoms. The lowest BCUT2D eigenvalue weighted by molar-refractivity contribution is -0.126. The maximum Gasteiger partial charge on any atom is 0.244 e. The van der Waals surface area contributed by atoms with Crippen LogP contribution in [-0.4, -0.2) is 50.1 Å². The average Bonchev–Trinajstić information content (AvgIpc) is 2.61. The minimum Gasteiger partial charge on any atom is -0.320 e. The lowest BCUT2D eigenvalue weighted by atomic mass is 9.91. The Balaban J connectivity index is 0.00000225. The molecule has 3 rings (SSSR count). The molecule has 0 saturated carbocycles. The van der Waals surface area contributed by atoms with Gasteiger partial charge in [-0.05, 0) is 82.9 Å². The van der Waals surface area contributed by atoms with Crippen molar-refractivity contribution in [2.24, 2.45) is 5.92 Å². The fourth-order valence-corrected chi connectivity index (χ4v) is 4.00. The Morgan fingerprint density at radius 1 is 1.20 bits per heavy atom. The molecule has 4 nitrogen and oxygen atoms in total. The number of nitrogens with one attached hydrogen (secondary N) is 1. The van der Waals surface area contributed by atoms with Crippen LogP contribution in [0.2, 0.25) is 0 Å². The summed E-state index contributed by atoms with van der Waals surface area (Å²) in [7, 11) is 2.00. The van der Waals surface area contributed by atoms with Crippen LogP contribution in [0.4, 0.5) is 10.1 Å². The number of halogens is 2. The number of carbonyl (C=O) groups is 1. The first-order valence-corrected chi connectivity index (χ1v) is 9.14. The number of nitrogens with zero attached hydrogens (tertiary/aromatic N) is 2. The van der Waals surface area contributed by atoms with E-state index in [1.165, 1.54) is 31.4 Å². The first-order chi connectivity index (χ1) is 11.7. The Kier molecular flexibility index (Phi) is 7.66. The summed E-state index contributed by atoms with van der Waals surface area (Å²) in [6.07, 6.45) is 5.47. The number of benzene rings is 1. The predicted octanol–water partition coefficient (Wildman–Crippen LogP) is 3.06. The fourth-order valence-electron chi connectivity index (χ4n) is 4.00. The molecule has 1 unspecified atom stereocenters. The monoisotopic (exact) mass is 369 g/mol. The van der Waals surface area contributed by atoms with Gasteiger partial charge in [0.15, 0.2) is 0 Å². The minimum absolute atomic E-state index is 0. The third kappa shape index (κ3) is 4.93. The van der Waals surface area contributed by atoms with Crippen molar-refractivity contribution in [1.82, 2.24) is 10.2 Å². The quantitative estimate of drug-likeness (QED) is 0.866. The van der Waals surface area contributed by atoms with Crippen LogP contribution in [0.25, 0.3) is 0 Å². The number of hydrogen-bond donors (Lipinski definition) is 1. The van der Waals surface area contributed by atoms with Gasteiger partial charge < -0.3 is 10.2 Å². The third-order valence-corrected chi connectivity index (χ3v) is 5.42. The summed E-state index contributed by atoms with van der Waals surface area (Å²) in [6.45, 7) is 3.77. The van der Waals surface area contributed by atoms with E-state index in [9.17, 15) is 9.18 Å². The number of rotatable bonds is 5. The van der Waals surface area contributed by atoms with Gasteiger partial charge in [-0.1, -0.05) is 6.07 Å². The molecule has 0 aromatic heterocycles. The molecule has 1 atom stereocenters. The Bertz CT molecular complexity index is 563. The van der Waals surface area contributed by atoms with E-state index in [1.807, 2.05) is 13.1 Å². The van der Waals surface area contributed by atoms with Crippen molar-refractivity contribution in [2.75, 3.05) is 38.1 Å². The zero-order chi connectivity index (χ0) is 16.9. The Hall–Kier alpha value is -1.17. The number of anilines is 1. The van der Waals surface area contributed by atoms with Crippen molar-refractivity contribution in [2.45, 2.75) is 38.1 Å². The SMILES string of the molecule is CNCCC1CCN(C2CCCN(c3cccc(F)c3)C2=O)CC1.Cl. The van der Waals surface area contributed by atoms with Gasteiger partial charge in [0, 0.05) is 12.2 Å². The molecule has 1 aromatic rings. The van der Waals surface area contributed by atoms with Crippen LogP contribution in [0, 0.1) is 11.7 Å². The van der Waals surface area contributed by atoms with Gasteiger partial charge in [-0.3, -0.25) is 9.69 Å². The molecule has 1 amide bonds. The van der Waals surface area contributed by atoms with Crippen LogP contribution in [0.5, 0.6) is 0 Å². The minimum atomic E-state index is -0.284. The van der Waals surface area contributed by atoms with E-state index in [0.717, 1.165) is 38.4 Å². The lowest BCUT2D eigenvalue weighted by Crippen LogP contribution is -2.54. The summed E-state index contributed by atoms with van der Waals surface area (Å²) in [5.74, 6) is 0.625. The van der Waals surface area contributed by atoms with Crippen LogP contribution in [0.15, 0.2) is 24.3 Å². The number of amides is 1. The summed E-state index contributed by atoms with van der Waals surface area (Å²) < 4.78 is 13.5. The molecule has 6 heteroatoms. The summed E-state index contributed by atoms with van der Waals surface area (Å²) >= 11 is 0.